The third-order valence-electron chi connectivity index (χ3n) is 8.52. The van der Waals surface area contributed by atoms with Crippen LogP contribution in [0.15, 0.2) is 48.8 Å². The molecule has 11 heteroatoms. The Hall–Kier alpha value is -4.43. The van der Waals surface area contributed by atoms with Gasteiger partial charge < -0.3 is 19.9 Å². The standard InChI is InChI=1S/C29H25F2N7O2/c1-28(14-32)12-29(33,13-28)26-34-10-16(11-35-26)15-6-7-18-19(8-15)38-20-9-21(24(38)36-18)37(2)25(39)17-4-3-5-22(23(17)20)40-27(30)31/h3-8,10-11,20-21,27H,9,12-13,33H2,1-2H3/t20-,21-,28-,29+/m1/s1. The lowest BCUT2D eigenvalue weighted by molar-refractivity contribution is -0.0507. The van der Waals surface area contributed by atoms with Crippen LogP contribution in [0.2, 0.25) is 0 Å². The zero-order chi connectivity index (χ0) is 28.0. The van der Waals surface area contributed by atoms with Gasteiger partial charge in [0.05, 0.1) is 40.1 Å². The monoisotopic (exact) mass is 541 g/mol. The Balaban J connectivity index is 1.31. The summed E-state index contributed by atoms with van der Waals surface area (Å²) in [5.41, 5.74) is 9.26. The van der Waals surface area contributed by atoms with E-state index in [1.807, 2.05) is 29.7 Å². The van der Waals surface area contributed by atoms with Gasteiger partial charge in [-0.15, -0.1) is 0 Å². The van der Waals surface area contributed by atoms with E-state index in [2.05, 4.69) is 16.0 Å². The van der Waals surface area contributed by atoms with Gasteiger partial charge in [0.25, 0.3) is 5.91 Å². The van der Waals surface area contributed by atoms with Crippen molar-refractivity contribution in [2.45, 2.75) is 50.4 Å². The molecule has 9 nitrogen and oxygen atoms in total. The van der Waals surface area contributed by atoms with Gasteiger partial charge in [-0.3, -0.25) is 4.79 Å². The Kier molecular flexibility index (Phi) is 5.10. The molecule has 1 saturated carbocycles. The van der Waals surface area contributed by atoms with Crippen LogP contribution >= 0.6 is 0 Å². The maximum Gasteiger partial charge on any atom is 0.387 e. The zero-order valence-electron chi connectivity index (χ0n) is 21.8. The first-order chi connectivity index (χ1) is 19.1. The van der Waals surface area contributed by atoms with Gasteiger partial charge in [-0.1, -0.05) is 12.1 Å². The first-order valence-corrected chi connectivity index (χ1v) is 13.0. The lowest BCUT2D eigenvalue weighted by Crippen LogP contribution is -2.54. The minimum Gasteiger partial charge on any atom is -0.434 e. The van der Waals surface area contributed by atoms with Crippen LogP contribution in [0.5, 0.6) is 5.75 Å². The first-order valence-electron chi connectivity index (χ1n) is 13.0. The van der Waals surface area contributed by atoms with Gasteiger partial charge in [0.2, 0.25) is 0 Å². The van der Waals surface area contributed by atoms with E-state index in [1.54, 1.807) is 36.5 Å². The third kappa shape index (κ3) is 3.45. The van der Waals surface area contributed by atoms with Crippen molar-refractivity contribution >= 4 is 16.9 Å². The molecule has 0 unspecified atom stereocenters. The van der Waals surface area contributed by atoms with Crippen molar-refractivity contribution < 1.29 is 18.3 Å². The van der Waals surface area contributed by atoms with Crippen LogP contribution in [0.25, 0.3) is 22.2 Å². The number of benzene rings is 2. The number of hydrogen-bond donors (Lipinski definition) is 1. The molecule has 4 aromatic rings. The van der Waals surface area contributed by atoms with Gasteiger partial charge in [-0.25, -0.2) is 15.0 Å². The number of amides is 1. The zero-order valence-corrected chi connectivity index (χ0v) is 21.8. The van der Waals surface area contributed by atoms with Gasteiger partial charge in [0.15, 0.2) is 0 Å². The highest BCUT2D eigenvalue weighted by Crippen LogP contribution is 2.52. The summed E-state index contributed by atoms with van der Waals surface area (Å²) in [6.07, 6.45) is 4.95. The summed E-state index contributed by atoms with van der Waals surface area (Å²) in [5, 5.41) is 9.35. The number of nitriles is 1. The molecule has 2 aromatic heterocycles. The highest BCUT2D eigenvalue weighted by atomic mass is 19.3. The summed E-state index contributed by atoms with van der Waals surface area (Å²) in [7, 11) is 1.71. The van der Waals surface area contributed by atoms with Gasteiger partial charge in [0.1, 0.15) is 17.4 Å². The SMILES string of the molecule is CN1C(=O)c2cccc(OC(F)F)c2[C@H]2C[C@@H]1c1nc3ccc(-c4cnc([C@]5(N)C[C@@](C)(C#N)C5)nc4)cc3n12. The maximum atomic E-state index is 13.4. The van der Waals surface area contributed by atoms with Gasteiger partial charge in [-0.2, -0.15) is 14.0 Å². The summed E-state index contributed by atoms with van der Waals surface area (Å²) in [6.45, 7) is -1.13. The first kappa shape index (κ1) is 24.6. The number of hydrogen-bond acceptors (Lipinski definition) is 7. The van der Waals surface area contributed by atoms with Crippen molar-refractivity contribution in [3.63, 3.8) is 0 Å². The van der Waals surface area contributed by atoms with Crippen LogP contribution in [0.4, 0.5) is 8.78 Å². The van der Waals surface area contributed by atoms with Crippen LogP contribution in [-0.2, 0) is 5.54 Å². The molecule has 0 saturated heterocycles. The fraction of sp³-hybridized carbons (Fsp3) is 0.345. The summed E-state index contributed by atoms with van der Waals surface area (Å²) >= 11 is 0. The Morgan fingerprint density at radius 2 is 1.90 bits per heavy atom. The van der Waals surface area contributed by atoms with Crippen molar-refractivity contribution in [1.82, 2.24) is 24.4 Å². The van der Waals surface area contributed by atoms with Gasteiger partial charge in [0, 0.05) is 42.6 Å². The number of nitrogens with zero attached hydrogens (tertiary/aromatic N) is 6. The number of halogens is 2. The second kappa shape index (κ2) is 8.29. The Morgan fingerprint density at radius 3 is 2.60 bits per heavy atom. The third-order valence-corrected chi connectivity index (χ3v) is 8.52. The molecule has 2 aromatic carbocycles. The largest absolute Gasteiger partial charge is 0.434 e. The van der Waals surface area contributed by atoms with Crippen LogP contribution in [0.3, 0.4) is 0 Å². The molecule has 1 amide bonds. The highest BCUT2D eigenvalue weighted by Gasteiger charge is 2.52. The molecule has 2 atom stereocenters. The number of aromatic nitrogens is 4. The maximum absolute atomic E-state index is 13.4. The molecule has 4 heterocycles. The van der Waals surface area contributed by atoms with E-state index in [4.69, 9.17) is 15.5 Å². The van der Waals surface area contributed by atoms with E-state index in [0.717, 1.165) is 22.2 Å². The van der Waals surface area contributed by atoms with E-state index < -0.39 is 23.6 Å². The predicted octanol–water partition coefficient (Wildman–Crippen LogP) is 4.69. The average Bonchev–Trinajstić information content (AvgIpc) is 3.45. The molecule has 2 bridgehead atoms. The van der Waals surface area contributed by atoms with E-state index in [0.29, 0.717) is 42.0 Å². The molecule has 2 N–H and O–H groups in total. The smallest absolute Gasteiger partial charge is 0.387 e. The molecule has 2 aliphatic heterocycles. The molecule has 0 spiro atoms. The number of fused-ring (bicyclic) bond motifs is 9. The van der Waals surface area contributed by atoms with Crippen molar-refractivity contribution in [1.29, 1.82) is 5.26 Å². The molecule has 7 rings (SSSR count). The van der Waals surface area contributed by atoms with Crippen LogP contribution in [-0.4, -0.2) is 44.0 Å². The number of nitrogens with two attached hydrogens (primary N) is 1. The normalized spacial score (nSPS) is 26.7. The minimum absolute atomic E-state index is 0.00560. The lowest BCUT2D eigenvalue weighted by atomic mass is 9.59. The van der Waals surface area contributed by atoms with E-state index in [-0.39, 0.29) is 17.7 Å². The number of carbonyl (C=O) groups excluding carboxylic acids is 1. The fourth-order valence-corrected chi connectivity index (χ4v) is 6.77. The molecule has 1 aliphatic carbocycles. The summed E-state index contributed by atoms with van der Waals surface area (Å²) in [4.78, 5) is 28.9. The summed E-state index contributed by atoms with van der Waals surface area (Å²) < 4.78 is 33.6. The minimum atomic E-state index is -3.02. The quantitative estimate of drug-likeness (QED) is 0.398. The van der Waals surface area contributed by atoms with Crippen molar-refractivity contribution in [3.8, 4) is 22.9 Å². The Bertz CT molecular complexity index is 1740. The van der Waals surface area contributed by atoms with E-state index in [9.17, 15) is 18.8 Å². The second-order valence-electron chi connectivity index (χ2n) is 11.3. The fourth-order valence-electron chi connectivity index (χ4n) is 6.77. The number of rotatable bonds is 4. The summed E-state index contributed by atoms with van der Waals surface area (Å²) in [6, 6.07) is 12.1. The van der Waals surface area contributed by atoms with Gasteiger partial charge in [-0.05, 0) is 49.6 Å². The molecule has 3 aliphatic rings. The number of ether oxygens (including phenoxy) is 1. The molecule has 40 heavy (non-hydrogen) atoms. The lowest BCUT2D eigenvalue weighted by Gasteiger charge is -2.47. The number of imidazole rings is 1. The molecular weight excluding hydrogens is 516 g/mol. The predicted molar refractivity (Wildman–Crippen MR) is 140 cm³/mol. The Labute approximate surface area is 228 Å². The number of alkyl halides is 2. The van der Waals surface area contributed by atoms with Crippen LogP contribution in [0, 0.1) is 16.7 Å². The van der Waals surface area contributed by atoms with E-state index in [1.165, 1.54) is 6.07 Å². The average molecular weight is 542 g/mol. The molecule has 0 radical (unpaired) electrons. The number of carbonyl (C=O) groups is 1. The second-order valence-corrected chi connectivity index (χ2v) is 11.3. The molecule has 1 fully saturated rings. The topological polar surface area (TPSA) is 123 Å². The van der Waals surface area contributed by atoms with Gasteiger partial charge >= 0.3 is 6.61 Å². The molecule has 202 valence electrons. The van der Waals surface area contributed by atoms with Crippen LogP contribution in [0.1, 0.15) is 65.8 Å². The Morgan fingerprint density at radius 1 is 1.15 bits per heavy atom. The van der Waals surface area contributed by atoms with Crippen molar-refractivity contribution in [3.05, 3.63) is 71.6 Å². The molecular formula is C29H25F2N7O2. The van der Waals surface area contributed by atoms with Crippen molar-refractivity contribution in [2.24, 2.45) is 11.1 Å². The summed E-state index contributed by atoms with van der Waals surface area (Å²) in [5.74, 6) is 0.954. The van der Waals surface area contributed by atoms with Crippen LogP contribution < -0.4 is 10.5 Å². The van der Waals surface area contributed by atoms with Crippen molar-refractivity contribution in [2.75, 3.05) is 7.05 Å². The highest BCUT2D eigenvalue weighted by molar-refractivity contribution is 5.98. The van der Waals surface area contributed by atoms with E-state index >= 15 is 0 Å².